The zero-order valence-electron chi connectivity index (χ0n) is 10.4. The van der Waals surface area contributed by atoms with Gasteiger partial charge in [0.1, 0.15) is 5.75 Å². The van der Waals surface area contributed by atoms with E-state index in [1.807, 2.05) is 18.2 Å². The van der Waals surface area contributed by atoms with E-state index >= 15 is 0 Å². The largest absolute Gasteiger partial charge is 0.492 e. The maximum Gasteiger partial charge on any atom is 0.123 e. The van der Waals surface area contributed by atoms with Crippen molar-refractivity contribution < 1.29 is 4.74 Å². The summed E-state index contributed by atoms with van der Waals surface area (Å²) >= 11 is 0. The molecular formula is C16H17NO. The predicted molar refractivity (Wildman–Crippen MR) is 75.7 cm³/mol. The number of rotatable bonds is 5. The SMILES string of the molecule is C#CCCOc1ccc2ccccc2c1CCN. The minimum absolute atomic E-state index is 0.548. The molecule has 0 amide bonds. The predicted octanol–water partition coefficient (Wildman–Crippen LogP) is 2.74. The fourth-order valence-electron chi connectivity index (χ4n) is 2.07. The number of fused-ring (bicyclic) bond motifs is 1. The van der Waals surface area contributed by atoms with Gasteiger partial charge in [-0.3, -0.25) is 0 Å². The number of terminal acetylenes is 1. The summed E-state index contributed by atoms with van der Waals surface area (Å²) in [7, 11) is 0. The molecular weight excluding hydrogens is 222 g/mol. The Morgan fingerprint density at radius 2 is 2.00 bits per heavy atom. The second-order valence-electron chi connectivity index (χ2n) is 4.10. The number of hydrogen-bond donors (Lipinski definition) is 1. The Morgan fingerprint density at radius 1 is 1.17 bits per heavy atom. The Morgan fingerprint density at radius 3 is 2.78 bits per heavy atom. The van der Waals surface area contributed by atoms with Gasteiger partial charge < -0.3 is 10.5 Å². The second kappa shape index (κ2) is 6.09. The van der Waals surface area contributed by atoms with Crippen LogP contribution in [-0.2, 0) is 6.42 Å². The van der Waals surface area contributed by atoms with Crippen LogP contribution in [0.4, 0.5) is 0 Å². The van der Waals surface area contributed by atoms with E-state index in [9.17, 15) is 0 Å². The number of nitrogens with two attached hydrogens (primary N) is 1. The highest BCUT2D eigenvalue weighted by Gasteiger charge is 2.07. The molecule has 0 aromatic heterocycles. The third-order valence-corrected chi connectivity index (χ3v) is 2.90. The van der Waals surface area contributed by atoms with Gasteiger partial charge in [-0.05, 0) is 29.8 Å². The number of ether oxygens (including phenoxy) is 1. The minimum atomic E-state index is 0.548. The average molecular weight is 239 g/mol. The monoisotopic (exact) mass is 239 g/mol. The van der Waals surface area contributed by atoms with Crippen molar-refractivity contribution in [2.24, 2.45) is 5.73 Å². The molecule has 0 spiro atoms. The smallest absolute Gasteiger partial charge is 0.123 e. The third kappa shape index (κ3) is 2.64. The summed E-state index contributed by atoms with van der Waals surface area (Å²) in [5.74, 6) is 3.47. The van der Waals surface area contributed by atoms with Crippen LogP contribution in [-0.4, -0.2) is 13.2 Å². The van der Waals surface area contributed by atoms with Gasteiger partial charge in [0, 0.05) is 12.0 Å². The standard InChI is InChI=1S/C16H17NO/c1-2-3-12-18-16-9-8-13-6-4-5-7-14(13)15(16)10-11-17/h1,4-9H,3,10-12,17H2. The molecule has 0 radical (unpaired) electrons. The van der Waals surface area contributed by atoms with Crippen molar-refractivity contribution in [2.75, 3.05) is 13.2 Å². The highest BCUT2D eigenvalue weighted by atomic mass is 16.5. The molecule has 0 fully saturated rings. The first-order valence-electron chi connectivity index (χ1n) is 6.13. The van der Waals surface area contributed by atoms with Gasteiger partial charge in [0.2, 0.25) is 0 Å². The van der Waals surface area contributed by atoms with E-state index in [0.717, 1.165) is 12.2 Å². The molecule has 0 atom stereocenters. The van der Waals surface area contributed by atoms with E-state index in [1.165, 1.54) is 16.3 Å². The zero-order chi connectivity index (χ0) is 12.8. The lowest BCUT2D eigenvalue weighted by molar-refractivity contribution is 0.324. The maximum atomic E-state index is 5.74. The molecule has 0 saturated carbocycles. The fraction of sp³-hybridized carbons (Fsp3) is 0.250. The van der Waals surface area contributed by atoms with Crippen molar-refractivity contribution in [2.45, 2.75) is 12.8 Å². The molecule has 2 aromatic rings. The molecule has 0 aliphatic carbocycles. The molecule has 0 aliphatic rings. The van der Waals surface area contributed by atoms with Crippen molar-refractivity contribution in [1.82, 2.24) is 0 Å². The summed E-state index contributed by atoms with van der Waals surface area (Å²) in [5.41, 5.74) is 6.86. The van der Waals surface area contributed by atoms with Gasteiger partial charge in [-0.15, -0.1) is 12.3 Å². The van der Waals surface area contributed by atoms with Crippen molar-refractivity contribution in [3.8, 4) is 18.1 Å². The Kier molecular flexibility index (Phi) is 4.22. The summed E-state index contributed by atoms with van der Waals surface area (Å²) in [6, 6.07) is 12.3. The van der Waals surface area contributed by atoms with Crippen LogP contribution in [0, 0.1) is 12.3 Å². The Labute approximate surface area is 108 Å². The first-order valence-corrected chi connectivity index (χ1v) is 6.13. The summed E-state index contributed by atoms with van der Waals surface area (Å²) in [6.07, 6.45) is 6.66. The topological polar surface area (TPSA) is 35.2 Å². The van der Waals surface area contributed by atoms with E-state index in [-0.39, 0.29) is 0 Å². The molecule has 0 saturated heterocycles. The molecule has 2 N–H and O–H groups in total. The molecule has 2 nitrogen and oxygen atoms in total. The lowest BCUT2D eigenvalue weighted by atomic mass is 10.0. The summed E-state index contributed by atoms with van der Waals surface area (Å²) in [5, 5.41) is 2.42. The van der Waals surface area contributed by atoms with Gasteiger partial charge in [0.15, 0.2) is 0 Å². The zero-order valence-corrected chi connectivity index (χ0v) is 10.4. The van der Waals surface area contributed by atoms with Crippen LogP contribution >= 0.6 is 0 Å². The Hall–Kier alpha value is -1.98. The Bertz CT molecular complexity index is 569. The summed E-state index contributed by atoms with van der Waals surface area (Å²) < 4.78 is 5.74. The van der Waals surface area contributed by atoms with Crippen LogP contribution in [0.15, 0.2) is 36.4 Å². The van der Waals surface area contributed by atoms with Crippen LogP contribution in [0.5, 0.6) is 5.75 Å². The maximum absolute atomic E-state index is 5.74. The van der Waals surface area contributed by atoms with Crippen LogP contribution in [0.1, 0.15) is 12.0 Å². The van der Waals surface area contributed by atoms with Gasteiger partial charge in [-0.2, -0.15) is 0 Å². The van der Waals surface area contributed by atoms with E-state index in [2.05, 4.69) is 24.1 Å². The van der Waals surface area contributed by atoms with Gasteiger partial charge >= 0.3 is 0 Å². The molecule has 0 unspecified atom stereocenters. The molecule has 92 valence electrons. The van der Waals surface area contributed by atoms with Crippen molar-refractivity contribution in [1.29, 1.82) is 0 Å². The van der Waals surface area contributed by atoms with Crippen LogP contribution < -0.4 is 10.5 Å². The molecule has 0 aliphatic heterocycles. The minimum Gasteiger partial charge on any atom is -0.492 e. The van der Waals surface area contributed by atoms with Gasteiger partial charge in [0.25, 0.3) is 0 Å². The van der Waals surface area contributed by atoms with E-state index < -0.39 is 0 Å². The van der Waals surface area contributed by atoms with Crippen molar-refractivity contribution in [3.05, 3.63) is 42.0 Å². The second-order valence-corrected chi connectivity index (χ2v) is 4.10. The molecule has 2 heteroatoms. The van der Waals surface area contributed by atoms with Crippen LogP contribution in [0.25, 0.3) is 10.8 Å². The molecule has 2 aromatic carbocycles. The normalized spacial score (nSPS) is 10.2. The van der Waals surface area contributed by atoms with Gasteiger partial charge in [0.05, 0.1) is 6.61 Å². The first kappa shape index (κ1) is 12.5. The van der Waals surface area contributed by atoms with Crippen molar-refractivity contribution in [3.63, 3.8) is 0 Å². The Balaban J connectivity index is 2.39. The number of hydrogen-bond acceptors (Lipinski definition) is 2. The first-order chi connectivity index (χ1) is 8.86. The van der Waals surface area contributed by atoms with E-state index in [0.29, 0.717) is 19.6 Å². The molecule has 2 rings (SSSR count). The summed E-state index contributed by atoms with van der Waals surface area (Å²) in [6.45, 7) is 1.16. The lowest BCUT2D eigenvalue weighted by Crippen LogP contribution is -2.06. The average Bonchev–Trinajstić information content (AvgIpc) is 2.41. The molecule has 0 bridgehead atoms. The van der Waals surface area contributed by atoms with Crippen LogP contribution in [0.3, 0.4) is 0 Å². The van der Waals surface area contributed by atoms with Crippen LogP contribution in [0.2, 0.25) is 0 Å². The highest BCUT2D eigenvalue weighted by molar-refractivity contribution is 5.87. The van der Waals surface area contributed by atoms with Gasteiger partial charge in [-0.25, -0.2) is 0 Å². The van der Waals surface area contributed by atoms with E-state index in [4.69, 9.17) is 16.9 Å². The van der Waals surface area contributed by atoms with E-state index in [1.54, 1.807) is 0 Å². The quantitative estimate of drug-likeness (QED) is 0.643. The number of benzene rings is 2. The summed E-state index contributed by atoms with van der Waals surface area (Å²) in [4.78, 5) is 0. The highest BCUT2D eigenvalue weighted by Crippen LogP contribution is 2.28. The molecule has 18 heavy (non-hydrogen) atoms. The third-order valence-electron chi connectivity index (χ3n) is 2.90. The fourth-order valence-corrected chi connectivity index (χ4v) is 2.07. The van der Waals surface area contributed by atoms with Crippen molar-refractivity contribution >= 4 is 10.8 Å². The lowest BCUT2D eigenvalue weighted by Gasteiger charge is -2.13. The van der Waals surface area contributed by atoms with Gasteiger partial charge in [-0.1, -0.05) is 30.3 Å². The molecule has 0 heterocycles.